The van der Waals surface area contributed by atoms with Crippen molar-refractivity contribution < 1.29 is 4.79 Å². The van der Waals surface area contributed by atoms with Crippen LogP contribution in [0, 0.1) is 6.92 Å². The van der Waals surface area contributed by atoms with E-state index < -0.39 is 0 Å². The van der Waals surface area contributed by atoms with Gasteiger partial charge in [-0.05, 0) is 43.2 Å². The first kappa shape index (κ1) is 17.8. The van der Waals surface area contributed by atoms with Gasteiger partial charge < -0.3 is 5.32 Å². The molecule has 1 aromatic carbocycles. The molecule has 0 aliphatic carbocycles. The van der Waals surface area contributed by atoms with Crippen LogP contribution in [0.2, 0.25) is 0 Å². The van der Waals surface area contributed by atoms with Gasteiger partial charge in [0.05, 0.1) is 17.4 Å². The molecule has 4 nitrogen and oxygen atoms in total. The van der Waals surface area contributed by atoms with Crippen molar-refractivity contribution >= 4 is 33.2 Å². The number of amides is 1. The summed E-state index contributed by atoms with van der Waals surface area (Å²) in [5.74, 6) is -0.0908. The van der Waals surface area contributed by atoms with E-state index >= 15 is 0 Å². The zero-order valence-electron chi connectivity index (χ0n) is 14.0. The SMILES string of the molecule is CCC(NC(=O)c1sc(-c2ccccn2)nc1C)c1ccc(Br)cc1. The minimum absolute atomic E-state index is 0.0274. The molecule has 1 N–H and O–H groups in total. The Kier molecular flexibility index (Phi) is 5.60. The molecule has 2 heterocycles. The molecule has 128 valence electrons. The van der Waals surface area contributed by atoms with Crippen molar-refractivity contribution in [2.24, 2.45) is 0 Å². The number of pyridine rings is 1. The van der Waals surface area contributed by atoms with Gasteiger partial charge in [-0.25, -0.2) is 4.98 Å². The van der Waals surface area contributed by atoms with Crippen molar-refractivity contribution in [2.75, 3.05) is 0 Å². The van der Waals surface area contributed by atoms with Crippen molar-refractivity contribution in [3.05, 3.63) is 69.3 Å². The summed E-state index contributed by atoms with van der Waals surface area (Å²) >= 11 is 4.82. The molecule has 0 aliphatic heterocycles. The third-order valence-electron chi connectivity index (χ3n) is 3.87. The topological polar surface area (TPSA) is 54.9 Å². The Morgan fingerprint density at radius 3 is 2.64 bits per heavy atom. The average Bonchev–Trinajstić information content (AvgIpc) is 3.03. The van der Waals surface area contributed by atoms with Crippen LogP contribution in [0.1, 0.15) is 40.3 Å². The molecule has 1 unspecified atom stereocenters. The summed E-state index contributed by atoms with van der Waals surface area (Å²) in [5, 5.41) is 3.88. The second-order valence-corrected chi connectivity index (χ2v) is 7.55. The molecule has 0 aliphatic rings. The van der Waals surface area contributed by atoms with E-state index in [2.05, 4.69) is 38.1 Å². The standard InChI is InChI=1S/C19H18BrN3OS/c1-3-15(13-7-9-14(20)10-8-13)23-18(24)17-12(2)22-19(25-17)16-6-4-5-11-21-16/h4-11,15H,3H2,1-2H3,(H,23,24). The number of rotatable bonds is 5. The number of carbonyl (C=O) groups is 1. The number of hydrogen-bond acceptors (Lipinski definition) is 4. The van der Waals surface area contributed by atoms with Crippen LogP contribution < -0.4 is 5.32 Å². The van der Waals surface area contributed by atoms with Gasteiger partial charge in [0.2, 0.25) is 0 Å². The van der Waals surface area contributed by atoms with E-state index in [1.807, 2.05) is 49.4 Å². The number of aromatic nitrogens is 2. The Morgan fingerprint density at radius 2 is 2.00 bits per heavy atom. The van der Waals surface area contributed by atoms with Gasteiger partial charge in [-0.15, -0.1) is 11.3 Å². The Hall–Kier alpha value is -2.05. The van der Waals surface area contributed by atoms with Crippen molar-refractivity contribution in [1.82, 2.24) is 15.3 Å². The van der Waals surface area contributed by atoms with Gasteiger partial charge in [0.25, 0.3) is 5.91 Å². The van der Waals surface area contributed by atoms with Crippen LogP contribution in [-0.4, -0.2) is 15.9 Å². The molecular weight excluding hydrogens is 398 g/mol. The quantitative estimate of drug-likeness (QED) is 0.625. The van der Waals surface area contributed by atoms with E-state index in [0.29, 0.717) is 4.88 Å². The third-order valence-corrected chi connectivity index (χ3v) is 5.58. The van der Waals surface area contributed by atoms with Crippen molar-refractivity contribution in [3.8, 4) is 10.7 Å². The number of nitrogens with zero attached hydrogens (tertiary/aromatic N) is 2. The lowest BCUT2D eigenvalue weighted by atomic mass is 10.0. The Morgan fingerprint density at radius 1 is 1.24 bits per heavy atom. The minimum atomic E-state index is -0.0908. The predicted octanol–water partition coefficient (Wildman–Crippen LogP) is 5.16. The lowest BCUT2D eigenvalue weighted by Gasteiger charge is -2.17. The molecule has 0 fully saturated rings. The molecule has 0 saturated carbocycles. The summed E-state index contributed by atoms with van der Waals surface area (Å²) in [5.41, 5.74) is 2.61. The molecule has 0 radical (unpaired) electrons. The number of carbonyl (C=O) groups excluding carboxylic acids is 1. The van der Waals surface area contributed by atoms with Crippen LogP contribution in [-0.2, 0) is 0 Å². The molecule has 0 bridgehead atoms. The highest BCUT2D eigenvalue weighted by atomic mass is 79.9. The number of nitrogens with one attached hydrogen (secondary N) is 1. The molecule has 0 saturated heterocycles. The Labute approximate surface area is 159 Å². The zero-order chi connectivity index (χ0) is 17.8. The first-order valence-corrected chi connectivity index (χ1v) is 9.64. The number of benzene rings is 1. The van der Waals surface area contributed by atoms with E-state index in [4.69, 9.17) is 0 Å². The second kappa shape index (κ2) is 7.89. The maximum Gasteiger partial charge on any atom is 0.263 e. The molecule has 1 atom stereocenters. The van der Waals surface area contributed by atoms with E-state index in [1.54, 1.807) is 6.20 Å². The van der Waals surface area contributed by atoms with Gasteiger partial charge in [-0.1, -0.05) is 41.1 Å². The summed E-state index contributed by atoms with van der Waals surface area (Å²) < 4.78 is 1.02. The van der Waals surface area contributed by atoms with E-state index in [1.165, 1.54) is 11.3 Å². The van der Waals surface area contributed by atoms with E-state index in [-0.39, 0.29) is 11.9 Å². The molecule has 0 spiro atoms. The number of halogens is 1. The molecule has 25 heavy (non-hydrogen) atoms. The number of hydrogen-bond donors (Lipinski definition) is 1. The minimum Gasteiger partial charge on any atom is -0.344 e. The van der Waals surface area contributed by atoms with Crippen molar-refractivity contribution in [2.45, 2.75) is 26.3 Å². The van der Waals surface area contributed by atoms with Gasteiger partial charge in [-0.3, -0.25) is 9.78 Å². The highest BCUT2D eigenvalue weighted by Crippen LogP contribution is 2.27. The predicted molar refractivity (Wildman–Crippen MR) is 105 cm³/mol. The van der Waals surface area contributed by atoms with E-state index in [0.717, 1.165) is 32.9 Å². The summed E-state index contributed by atoms with van der Waals surface area (Å²) in [4.78, 5) is 22.2. The first-order valence-electron chi connectivity index (χ1n) is 8.03. The van der Waals surface area contributed by atoms with Gasteiger partial charge in [0.15, 0.2) is 0 Å². The fourth-order valence-electron chi connectivity index (χ4n) is 2.55. The Bertz CT molecular complexity index is 862. The van der Waals surface area contributed by atoms with Gasteiger partial charge in [-0.2, -0.15) is 0 Å². The highest BCUT2D eigenvalue weighted by Gasteiger charge is 2.20. The molecular formula is C19H18BrN3OS. The van der Waals surface area contributed by atoms with Gasteiger partial charge in [0, 0.05) is 10.7 Å². The normalized spacial score (nSPS) is 12.0. The highest BCUT2D eigenvalue weighted by molar-refractivity contribution is 9.10. The average molecular weight is 416 g/mol. The third kappa shape index (κ3) is 4.14. The summed E-state index contributed by atoms with van der Waals surface area (Å²) in [6.07, 6.45) is 2.55. The lowest BCUT2D eigenvalue weighted by Crippen LogP contribution is -2.28. The summed E-state index contributed by atoms with van der Waals surface area (Å²) in [7, 11) is 0. The fourth-order valence-corrected chi connectivity index (χ4v) is 3.76. The molecule has 3 aromatic rings. The number of thiazole rings is 1. The summed E-state index contributed by atoms with van der Waals surface area (Å²) in [6, 6.07) is 13.7. The zero-order valence-corrected chi connectivity index (χ0v) is 16.4. The molecule has 6 heteroatoms. The first-order chi connectivity index (χ1) is 12.1. The maximum atomic E-state index is 12.7. The fraction of sp³-hybridized carbons (Fsp3) is 0.211. The van der Waals surface area contributed by atoms with Crippen LogP contribution in [0.3, 0.4) is 0 Å². The van der Waals surface area contributed by atoms with Crippen LogP contribution in [0.25, 0.3) is 10.7 Å². The van der Waals surface area contributed by atoms with Crippen LogP contribution in [0.15, 0.2) is 53.1 Å². The van der Waals surface area contributed by atoms with Gasteiger partial charge in [0.1, 0.15) is 9.88 Å². The molecule has 1 amide bonds. The molecule has 2 aromatic heterocycles. The number of aryl methyl sites for hydroxylation is 1. The Balaban J connectivity index is 1.81. The maximum absolute atomic E-state index is 12.7. The van der Waals surface area contributed by atoms with Gasteiger partial charge >= 0.3 is 0 Å². The van der Waals surface area contributed by atoms with Crippen LogP contribution in [0.5, 0.6) is 0 Å². The van der Waals surface area contributed by atoms with Crippen molar-refractivity contribution in [1.29, 1.82) is 0 Å². The van der Waals surface area contributed by atoms with Crippen LogP contribution in [0.4, 0.5) is 0 Å². The van der Waals surface area contributed by atoms with Crippen molar-refractivity contribution in [3.63, 3.8) is 0 Å². The summed E-state index contributed by atoms with van der Waals surface area (Å²) in [6.45, 7) is 3.92. The smallest absolute Gasteiger partial charge is 0.263 e. The molecule has 3 rings (SSSR count). The lowest BCUT2D eigenvalue weighted by molar-refractivity contribution is 0.0939. The monoisotopic (exact) mass is 415 g/mol. The van der Waals surface area contributed by atoms with Crippen LogP contribution >= 0.6 is 27.3 Å². The largest absolute Gasteiger partial charge is 0.344 e. The second-order valence-electron chi connectivity index (χ2n) is 5.63. The van der Waals surface area contributed by atoms with E-state index in [9.17, 15) is 4.79 Å².